The number of imide groups is 1. The van der Waals surface area contributed by atoms with Gasteiger partial charge in [-0.25, -0.2) is 4.39 Å². The molecule has 148 valence electrons. The molecule has 1 N–H and O–H groups in total. The van der Waals surface area contributed by atoms with Crippen LogP contribution < -0.4 is 5.32 Å². The molecule has 1 aromatic heterocycles. The lowest BCUT2D eigenvalue weighted by Crippen LogP contribution is -2.34. The van der Waals surface area contributed by atoms with E-state index < -0.39 is 11.7 Å². The number of nitrogens with one attached hydrogen (secondary N) is 1. The van der Waals surface area contributed by atoms with E-state index in [4.69, 9.17) is 4.74 Å². The summed E-state index contributed by atoms with van der Waals surface area (Å²) in [5, 5.41) is 4.80. The van der Waals surface area contributed by atoms with Gasteiger partial charge in [-0.2, -0.15) is 0 Å². The van der Waals surface area contributed by atoms with Crippen LogP contribution in [0.2, 0.25) is 0 Å². The van der Waals surface area contributed by atoms with E-state index in [1.54, 1.807) is 18.2 Å². The van der Waals surface area contributed by atoms with Gasteiger partial charge in [-0.3, -0.25) is 14.5 Å². The minimum atomic E-state index is -0.416. The Balaban J connectivity index is 1.76. The van der Waals surface area contributed by atoms with Crippen LogP contribution in [-0.4, -0.2) is 36.5 Å². The number of hydrogen-bond donors (Lipinski definition) is 1. The number of carbonyl (C=O) groups excluding carboxylic acids is 2. The second-order valence-electron chi connectivity index (χ2n) is 6.44. The third kappa shape index (κ3) is 4.66. The summed E-state index contributed by atoms with van der Waals surface area (Å²) >= 11 is 1.39. The molecule has 0 radical (unpaired) electrons. The smallest absolute Gasteiger partial charge is 0.278 e. The highest BCUT2D eigenvalue weighted by molar-refractivity contribution is 7.11. The number of unbranched alkanes of at least 4 members (excludes halogenated alkanes) is 1. The van der Waals surface area contributed by atoms with Crippen molar-refractivity contribution < 1.29 is 18.7 Å². The largest absolute Gasteiger partial charge is 0.381 e. The SMILES string of the molecule is CCCCOCCCN1C(=O)C(Nc2cccc(F)c2)=C(c2cccs2)C1=O. The van der Waals surface area contributed by atoms with E-state index >= 15 is 0 Å². The molecule has 0 atom stereocenters. The van der Waals surface area contributed by atoms with E-state index in [0.717, 1.165) is 12.8 Å². The first-order chi connectivity index (χ1) is 13.6. The van der Waals surface area contributed by atoms with Gasteiger partial charge in [0, 0.05) is 30.3 Å². The molecule has 1 aromatic carbocycles. The first-order valence-corrected chi connectivity index (χ1v) is 10.2. The normalized spacial score (nSPS) is 14.3. The molecule has 0 saturated heterocycles. The van der Waals surface area contributed by atoms with Crippen LogP contribution in [0, 0.1) is 5.82 Å². The van der Waals surface area contributed by atoms with Gasteiger partial charge in [-0.15, -0.1) is 11.3 Å². The summed E-state index contributed by atoms with van der Waals surface area (Å²) in [6.45, 7) is 3.56. The average molecular weight is 402 g/mol. The van der Waals surface area contributed by atoms with E-state index in [1.165, 1.54) is 28.4 Å². The Morgan fingerprint density at radius 1 is 1.11 bits per heavy atom. The first-order valence-electron chi connectivity index (χ1n) is 9.36. The zero-order valence-electron chi connectivity index (χ0n) is 15.7. The lowest BCUT2D eigenvalue weighted by molar-refractivity contribution is -0.137. The van der Waals surface area contributed by atoms with Crippen molar-refractivity contribution >= 4 is 34.4 Å². The predicted octanol–water partition coefficient (Wildman–Crippen LogP) is 4.29. The number of benzene rings is 1. The minimum absolute atomic E-state index is 0.185. The fourth-order valence-corrected chi connectivity index (χ4v) is 3.70. The van der Waals surface area contributed by atoms with Crippen molar-refractivity contribution in [1.82, 2.24) is 4.90 Å². The molecule has 2 heterocycles. The number of hydrogen-bond acceptors (Lipinski definition) is 5. The minimum Gasteiger partial charge on any atom is -0.381 e. The molecule has 0 fully saturated rings. The Hall–Kier alpha value is -2.51. The number of nitrogens with zero attached hydrogens (tertiary/aromatic N) is 1. The van der Waals surface area contributed by atoms with Crippen molar-refractivity contribution in [2.24, 2.45) is 0 Å². The number of ether oxygens (including phenoxy) is 1. The van der Waals surface area contributed by atoms with Gasteiger partial charge >= 0.3 is 0 Å². The highest BCUT2D eigenvalue weighted by Crippen LogP contribution is 2.33. The molecule has 0 unspecified atom stereocenters. The van der Waals surface area contributed by atoms with Gasteiger partial charge in [0.05, 0.1) is 5.57 Å². The molecule has 3 rings (SSSR count). The van der Waals surface area contributed by atoms with Crippen LogP contribution in [0.25, 0.3) is 5.57 Å². The number of anilines is 1. The summed E-state index contributed by atoms with van der Waals surface area (Å²) in [7, 11) is 0. The lowest BCUT2D eigenvalue weighted by atomic mass is 10.2. The topological polar surface area (TPSA) is 58.6 Å². The van der Waals surface area contributed by atoms with Crippen molar-refractivity contribution in [3.63, 3.8) is 0 Å². The summed E-state index contributed by atoms with van der Waals surface area (Å²) < 4.78 is 19.0. The summed E-state index contributed by atoms with van der Waals surface area (Å²) in [6, 6.07) is 9.46. The Bertz CT molecular complexity index is 864. The van der Waals surface area contributed by atoms with Crippen molar-refractivity contribution in [2.45, 2.75) is 26.2 Å². The molecule has 2 aromatic rings. The number of amides is 2. The van der Waals surface area contributed by atoms with Crippen molar-refractivity contribution in [1.29, 1.82) is 0 Å². The monoisotopic (exact) mass is 402 g/mol. The Kier molecular flexibility index (Phi) is 6.95. The van der Waals surface area contributed by atoms with Gasteiger partial charge in [0.1, 0.15) is 11.5 Å². The van der Waals surface area contributed by atoms with Crippen LogP contribution >= 0.6 is 11.3 Å². The van der Waals surface area contributed by atoms with Crippen molar-refractivity contribution in [2.75, 3.05) is 25.1 Å². The van der Waals surface area contributed by atoms with E-state index in [9.17, 15) is 14.0 Å². The quantitative estimate of drug-likeness (QED) is 0.476. The zero-order chi connectivity index (χ0) is 19.9. The van der Waals surface area contributed by atoms with Gasteiger partial charge in [-0.05, 0) is 42.5 Å². The molecule has 1 aliphatic rings. The molecule has 7 heteroatoms. The highest BCUT2D eigenvalue weighted by Gasteiger charge is 2.39. The lowest BCUT2D eigenvalue weighted by Gasteiger charge is -2.15. The van der Waals surface area contributed by atoms with E-state index in [0.29, 0.717) is 35.8 Å². The van der Waals surface area contributed by atoms with E-state index in [1.807, 2.05) is 11.4 Å². The molecule has 0 bridgehead atoms. The molecule has 5 nitrogen and oxygen atoms in total. The summed E-state index contributed by atoms with van der Waals surface area (Å²) in [5.74, 6) is -1.15. The predicted molar refractivity (Wildman–Crippen MR) is 108 cm³/mol. The average Bonchev–Trinajstić information content (AvgIpc) is 3.27. The Labute approximate surface area is 167 Å². The molecular weight excluding hydrogens is 379 g/mol. The molecule has 0 aliphatic carbocycles. The fraction of sp³-hybridized carbons (Fsp3) is 0.333. The van der Waals surface area contributed by atoms with Gasteiger partial charge < -0.3 is 10.1 Å². The van der Waals surface area contributed by atoms with E-state index in [-0.39, 0.29) is 18.1 Å². The maximum absolute atomic E-state index is 13.5. The van der Waals surface area contributed by atoms with Crippen LogP contribution in [0.15, 0.2) is 47.5 Å². The molecule has 28 heavy (non-hydrogen) atoms. The molecule has 0 spiro atoms. The number of carbonyl (C=O) groups is 2. The van der Waals surface area contributed by atoms with Crippen LogP contribution in [0.1, 0.15) is 31.1 Å². The number of rotatable bonds is 10. The second kappa shape index (κ2) is 9.61. The van der Waals surface area contributed by atoms with Crippen LogP contribution in [0.3, 0.4) is 0 Å². The standard InChI is InChI=1S/C21H23FN2O3S/c1-2-3-11-27-12-6-10-24-20(25)18(17-9-5-13-28-17)19(21(24)26)23-16-8-4-7-15(22)14-16/h4-5,7-9,13-14,23H,2-3,6,10-12H2,1H3. The van der Waals surface area contributed by atoms with Crippen LogP contribution in [-0.2, 0) is 14.3 Å². The third-order valence-electron chi connectivity index (χ3n) is 4.34. The molecule has 2 amide bonds. The Morgan fingerprint density at radius 3 is 2.64 bits per heavy atom. The zero-order valence-corrected chi connectivity index (χ0v) is 16.6. The fourth-order valence-electron chi connectivity index (χ4n) is 2.93. The molecule has 0 saturated carbocycles. The van der Waals surface area contributed by atoms with Crippen molar-refractivity contribution in [3.8, 4) is 0 Å². The molecular formula is C21H23FN2O3S. The summed E-state index contributed by atoms with van der Waals surface area (Å²) in [5.41, 5.74) is 0.941. The Morgan fingerprint density at radius 2 is 1.93 bits per heavy atom. The van der Waals surface area contributed by atoms with Crippen molar-refractivity contribution in [3.05, 3.63) is 58.2 Å². The van der Waals surface area contributed by atoms with Gasteiger partial charge in [0.2, 0.25) is 0 Å². The highest BCUT2D eigenvalue weighted by atomic mass is 32.1. The van der Waals surface area contributed by atoms with Gasteiger partial charge in [0.15, 0.2) is 0 Å². The van der Waals surface area contributed by atoms with Gasteiger partial charge in [0.25, 0.3) is 11.8 Å². The van der Waals surface area contributed by atoms with Gasteiger partial charge in [-0.1, -0.05) is 25.5 Å². The maximum atomic E-state index is 13.5. The number of halogens is 1. The second-order valence-corrected chi connectivity index (χ2v) is 7.39. The molecule has 1 aliphatic heterocycles. The van der Waals surface area contributed by atoms with Crippen LogP contribution in [0.4, 0.5) is 10.1 Å². The third-order valence-corrected chi connectivity index (χ3v) is 5.23. The number of thiophene rings is 1. The first kappa shape index (κ1) is 20.2. The summed E-state index contributed by atoms with van der Waals surface area (Å²) in [4.78, 5) is 27.8. The van der Waals surface area contributed by atoms with Crippen LogP contribution in [0.5, 0.6) is 0 Å². The van der Waals surface area contributed by atoms with E-state index in [2.05, 4.69) is 12.2 Å². The summed E-state index contributed by atoms with van der Waals surface area (Å²) in [6.07, 6.45) is 2.63. The maximum Gasteiger partial charge on any atom is 0.278 e.